The fraction of sp³-hybridized carbons (Fsp3) is 0.429. The summed E-state index contributed by atoms with van der Waals surface area (Å²) in [5, 5.41) is 2.63. The fourth-order valence-electron chi connectivity index (χ4n) is 3.43. The molecule has 2 heterocycles. The third-order valence-electron chi connectivity index (χ3n) is 5.05. The van der Waals surface area contributed by atoms with Crippen LogP contribution in [0, 0.1) is 0 Å². The number of unbranched alkanes of at least 4 members (excludes halogenated alkanes) is 1. The van der Waals surface area contributed by atoms with Crippen LogP contribution in [0.3, 0.4) is 0 Å². The van der Waals surface area contributed by atoms with E-state index in [1.165, 1.54) is 11.7 Å². The maximum atomic E-state index is 12.6. The molecule has 0 spiro atoms. The van der Waals surface area contributed by atoms with E-state index in [0.29, 0.717) is 11.1 Å². The zero-order valence-electron chi connectivity index (χ0n) is 17.5. The van der Waals surface area contributed by atoms with Crippen LogP contribution in [0.25, 0.3) is 11.1 Å². The number of hydrogen-bond acceptors (Lipinski definition) is 6. The Morgan fingerprint density at radius 2 is 1.97 bits per heavy atom. The van der Waals surface area contributed by atoms with Crippen molar-refractivity contribution in [3.63, 3.8) is 0 Å². The second kappa shape index (κ2) is 8.61. The SMILES string of the molecule is CCCCc1ccc(S(C)(=O)=O)cc1-c1cn(C)c(=O)c2c1O[C@H](COC)C(=O)N2. The van der Waals surface area contributed by atoms with Crippen molar-refractivity contribution in [2.24, 2.45) is 7.05 Å². The van der Waals surface area contributed by atoms with Crippen molar-refractivity contribution < 1.29 is 22.7 Å². The lowest BCUT2D eigenvalue weighted by Crippen LogP contribution is -2.43. The number of benzene rings is 1. The van der Waals surface area contributed by atoms with Crippen LogP contribution in [0.5, 0.6) is 5.75 Å². The largest absolute Gasteiger partial charge is 0.475 e. The molecule has 0 unspecified atom stereocenters. The number of nitrogens with one attached hydrogen (secondary N) is 1. The molecular formula is C21H26N2O6S. The van der Waals surface area contributed by atoms with E-state index in [1.807, 2.05) is 0 Å². The average Bonchev–Trinajstić information content (AvgIpc) is 2.69. The van der Waals surface area contributed by atoms with Crippen LogP contribution < -0.4 is 15.6 Å². The molecule has 1 atom stereocenters. The highest BCUT2D eigenvalue weighted by atomic mass is 32.2. The normalized spacial score (nSPS) is 16.0. The van der Waals surface area contributed by atoms with E-state index in [-0.39, 0.29) is 22.9 Å². The van der Waals surface area contributed by atoms with Gasteiger partial charge in [-0.2, -0.15) is 0 Å². The minimum Gasteiger partial charge on any atom is -0.475 e. The van der Waals surface area contributed by atoms with Crippen LogP contribution in [-0.4, -0.2) is 45.0 Å². The topological polar surface area (TPSA) is 104 Å². The van der Waals surface area contributed by atoms with Crippen molar-refractivity contribution in [3.8, 4) is 16.9 Å². The van der Waals surface area contributed by atoms with E-state index < -0.39 is 27.4 Å². The van der Waals surface area contributed by atoms with Crippen molar-refractivity contribution in [3.05, 3.63) is 40.3 Å². The molecule has 1 N–H and O–H groups in total. The summed E-state index contributed by atoms with van der Waals surface area (Å²) in [6.07, 6.45) is 4.48. The van der Waals surface area contributed by atoms with Gasteiger partial charge >= 0.3 is 0 Å². The Bertz CT molecular complexity index is 1140. The second-order valence-corrected chi connectivity index (χ2v) is 9.42. The number of hydrogen-bond donors (Lipinski definition) is 1. The van der Waals surface area contributed by atoms with Crippen LogP contribution in [-0.2, 0) is 32.8 Å². The maximum absolute atomic E-state index is 12.6. The number of amides is 1. The molecule has 2 aromatic rings. The van der Waals surface area contributed by atoms with Gasteiger partial charge in [0.15, 0.2) is 21.3 Å². The van der Waals surface area contributed by atoms with Crippen molar-refractivity contribution in [1.29, 1.82) is 0 Å². The highest BCUT2D eigenvalue weighted by Crippen LogP contribution is 2.40. The van der Waals surface area contributed by atoms with Gasteiger partial charge in [-0.1, -0.05) is 19.4 Å². The number of carbonyl (C=O) groups is 1. The molecule has 1 aliphatic rings. The summed E-state index contributed by atoms with van der Waals surface area (Å²) >= 11 is 0. The minimum atomic E-state index is -3.44. The fourth-order valence-corrected chi connectivity index (χ4v) is 4.07. The van der Waals surface area contributed by atoms with Crippen LogP contribution in [0.2, 0.25) is 0 Å². The first-order valence-corrected chi connectivity index (χ1v) is 11.6. The number of pyridine rings is 1. The van der Waals surface area contributed by atoms with Gasteiger partial charge in [-0.25, -0.2) is 8.42 Å². The molecule has 30 heavy (non-hydrogen) atoms. The smallest absolute Gasteiger partial charge is 0.277 e. The third-order valence-corrected chi connectivity index (χ3v) is 6.16. The van der Waals surface area contributed by atoms with Gasteiger partial charge in [0.1, 0.15) is 0 Å². The molecule has 0 bridgehead atoms. The second-order valence-electron chi connectivity index (χ2n) is 7.41. The van der Waals surface area contributed by atoms with Gasteiger partial charge in [0.2, 0.25) is 6.10 Å². The molecule has 8 nitrogen and oxygen atoms in total. The Morgan fingerprint density at radius 1 is 1.23 bits per heavy atom. The van der Waals surface area contributed by atoms with E-state index in [2.05, 4.69) is 12.2 Å². The summed E-state index contributed by atoms with van der Waals surface area (Å²) in [4.78, 5) is 25.1. The van der Waals surface area contributed by atoms with Gasteiger partial charge < -0.3 is 19.4 Å². The predicted molar refractivity (Wildman–Crippen MR) is 114 cm³/mol. The monoisotopic (exact) mass is 434 g/mol. The van der Waals surface area contributed by atoms with Crippen molar-refractivity contribution in [2.75, 3.05) is 25.3 Å². The molecule has 0 saturated carbocycles. The lowest BCUT2D eigenvalue weighted by Gasteiger charge is -2.28. The Labute approximate surface area is 175 Å². The quantitative estimate of drug-likeness (QED) is 0.716. The van der Waals surface area contributed by atoms with Crippen molar-refractivity contribution in [1.82, 2.24) is 4.57 Å². The first kappa shape index (κ1) is 22.0. The number of fused-ring (bicyclic) bond motifs is 1. The Hall–Kier alpha value is -2.65. The van der Waals surface area contributed by atoms with Gasteiger partial charge in [0.25, 0.3) is 11.5 Å². The number of ether oxygens (including phenoxy) is 2. The molecule has 1 aromatic heterocycles. The summed E-state index contributed by atoms with van der Waals surface area (Å²) in [7, 11) is -0.408. The van der Waals surface area contributed by atoms with Crippen molar-refractivity contribution >= 4 is 21.4 Å². The van der Waals surface area contributed by atoms with Crippen molar-refractivity contribution in [2.45, 2.75) is 37.2 Å². The van der Waals surface area contributed by atoms with Crippen LogP contribution >= 0.6 is 0 Å². The molecule has 0 aliphatic carbocycles. The highest BCUT2D eigenvalue weighted by molar-refractivity contribution is 7.90. The molecule has 0 fully saturated rings. The van der Waals surface area contributed by atoms with Crippen LogP contribution in [0.4, 0.5) is 5.69 Å². The average molecular weight is 435 g/mol. The zero-order chi connectivity index (χ0) is 22.1. The van der Waals surface area contributed by atoms with E-state index in [4.69, 9.17) is 9.47 Å². The van der Waals surface area contributed by atoms with E-state index in [1.54, 1.807) is 31.4 Å². The number of methoxy groups -OCH3 is 1. The number of nitrogens with zero attached hydrogens (tertiary/aromatic N) is 1. The molecule has 1 amide bonds. The number of rotatable bonds is 7. The highest BCUT2D eigenvalue weighted by Gasteiger charge is 2.32. The van der Waals surface area contributed by atoms with Gasteiger partial charge in [-0.3, -0.25) is 9.59 Å². The third kappa shape index (κ3) is 4.27. The summed E-state index contributed by atoms with van der Waals surface area (Å²) in [5.74, 6) is -0.238. The maximum Gasteiger partial charge on any atom is 0.277 e. The molecule has 0 saturated heterocycles. The number of aromatic nitrogens is 1. The van der Waals surface area contributed by atoms with Gasteiger partial charge in [-0.05, 0) is 36.1 Å². The summed E-state index contributed by atoms with van der Waals surface area (Å²) < 4.78 is 36.6. The minimum absolute atomic E-state index is 0.0198. The first-order valence-electron chi connectivity index (χ1n) is 9.70. The first-order chi connectivity index (χ1) is 14.2. The number of anilines is 1. The Morgan fingerprint density at radius 3 is 2.60 bits per heavy atom. The van der Waals surface area contributed by atoms with E-state index in [9.17, 15) is 18.0 Å². The molecule has 162 valence electrons. The lowest BCUT2D eigenvalue weighted by atomic mass is 9.95. The standard InChI is InChI=1S/C21H26N2O6S/c1-5-6-7-13-8-9-14(30(4,26)27)10-15(13)16-11-23(2)21(25)18-19(16)29-17(12-28-3)20(24)22-18/h8-11,17H,5-7,12H2,1-4H3,(H,22,24)/t17-/m1/s1. The lowest BCUT2D eigenvalue weighted by molar-refractivity contribution is -0.125. The Balaban J connectivity index is 2.27. The summed E-state index contributed by atoms with van der Waals surface area (Å²) in [6.45, 7) is 2.10. The van der Waals surface area contributed by atoms with Crippen LogP contribution in [0.15, 0.2) is 34.1 Å². The Kier molecular flexibility index (Phi) is 6.33. The molecule has 1 aliphatic heterocycles. The van der Waals surface area contributed by atoms with Gasteiger partial charge in [-0.15, -0.1) is 0 Å². The predicted octanol–water partition coefficient (Wildman–Crippen LogP) is 2.14. The molecule has 3 rings (SSSR count). The zero-order valence-corrected chi connectivity index (χ0v) is 18.3. The summed E-state index contributed by atoms with van der Waals surface area (Å²) in [5.41, 5.74) is 1.77. The van der Waals surface area contributed by atoms with Gasteiger partial charge in [0, 0.05) is 32.2 Å². The molecule has 0 radical (unpaired) electrons. The molecule has 1 aromatic carbocycles. The van der Waals surface area contributed by atoms with Gasteiger partial charge in [0.05, 0.1) is 11.5 Å². The molecule has 9 heteroatoms. The van der Waals surface area contributed by atoms with E-state index in [0.717, 1.165) is 31.1 Å². The summed E-state index contributed by atoms with van der Waals surface area (Å²) in [6, 6.07) is 4.99. The van der Waals surface area contributed by atoms with E-state index >= 15 is 0 Å². The number of sulfone groups is 1. The molecular weight excluding hydrogens is 408 g/mol. The van der Waals surface area contributed by atoms with Crippen LogP contribution in [0.1, 0.15) is 25.3 Å². The number of carbonyl (C=O) groups excluding carboxylic acids is 1. The number of aryl methyl sites for hydroxylation is 2.